The van der Waals surface area contributed by atoms with Gasteiger partial charge in [0.1, 0.15) is 0 Å². The Morgan fingerprint density at radius 3 is 2.52 bits per heavy atom. The number of hydrogen-bond donors (Lipinski definition) is 2. The summed E-state index contributed by atoms with van der Waals surface area (Å²) < 4.78 is 10.6. The van der Waals surface area contributed by atoms with Gasteiger partial charge >= 0.3 is 0 Å². The highest BCUT2D eigenvalue weighted by Gasteiger charge is 2.07. The van der Waals surface area contributed by atoms with Crippen molar-refractivity contribution in [2.75, 3.05) is 32.6 Å². The fraction of sp³-hybridized carbons (Fsp3) is 0.227. The Bertz CT molecular complexity index is 919. The number of fused-ring (bicyclic) bond motifs is 1. The van der Waals surface area contributed by atoms with E-state index in [1.165, 1.54) is 0 Å². The monoisotopic (exact) mass is 364 g/mol. The summed E-state index contributed by atoms with van der Waals surface area (Å²) in [5, 5.41) is 8.31. The van der Waals surface area contributed by atoms with E-state index >= 15 is 0 Å². The lowest BCUT2D eigenvalue weighted by Gasteiger charge is -2.11. The van der Waals surface area contributed by atoms with Gasteiger partial charge in [0.15, 0.2) is 11.5 Å². The van der Waals surface area contributed by atoms with E-state index in [1.54, 1.807) is 14.2 Å². The zero-order chi connectivity index (χ0) is 19.1. The summed E-state index contributed by atoms with van der Waals surface area (Å²) in [4.78, 5) is 12.2. The summed E-state index contributed by atoms with van der Waals surface area (Å²) in [5.74, 6) is 1.37. The Labute approximate surface area is 159 Å². The van der Waals surface area contributed by atoms with Crippen LogP contribution in [-0.4, -0.2) is 33.2 Å². The Morgan fingerprint density at radius 1 is 0.926 bits per heavy atom. The highest BCUT2D eigenvalue weighted by Crippen LogP contribution is 2.27. The van der Waals surface area contributed by atoms with E-state index in [1.807, 2.05) is 60.7 Å². The fourth-order valence-corrected chi connectivity index (χ4v) is 3.00. The number of benzene rings is 3. The molecule has 3 aromatic carbocycles. The van der Waals surface area contributed by atoms with Crippen LogP contribution < -0.4 is 20.1 Å². The van der Waals surface area contributed by atoms with Crippen molar-refractivity contribution < 1.29 is 14.3 Å². The largest absolute Gasteiger partial charge is 0.493 e. The van der Waals surface area contributed by atoms with Crippen molar-refractivity contribution in [2.45, 2.75) is 6.42 Å². The molecule has 0 saturated carbocycles. The zero-order valence-corrected chi connectivity index (χ0v) is 15.6. The number of nitrogens with one attached hydrogen (secondary N) is 2. The quantitative estimate of drug-likeness (QED) is 0.599. The summed E-state index contributed by atoms with van der Waals surface area (Å²) >= 11 is 0. The topological polar surface area (TPSA) is 59.6 Å². The zero-order valence-electron chi connectivity index (χ0n) is 15.6. The second kappa shape index (κ2) is 9.05. The number of carbonyl (C=O) groups excluding carboxylic acids is 1. The first kappa shape index (κ1) is 18.7. The Morgan fingerprint density at radius 2 is 1.70 bits per heavy atom. The number of hydrogen-bond acceptors (Lipinski definition) is 4. The smallest absolute Gasteiger partial charge is 0.238 e. The average molecular weight is 364 g/mol. The van der Waals surface area contributed by atoms with Crippen LogP contribution in [0.4, 0.5) is 5.69 Å². The maximum Gasteiger partial charge on any atom is 0.238 e. The minimum Gasteiger partial charge on any atom is -0.493 e. The van der Waals surface area contributed by atoms with Gasteiger partial charge in [-0.25, -0.2) is 0 Å². The maximum absolute atomic E-state index is 12.2. The Balaban J connectivity index is 1.50. The molecular formula is C22H24N2O3. The van der Waals surface area contributed by atoms with E-state index in [0.717, 1.165) is 28.4 Å². The van der Waals surface area contributed by atoms with Gasteiger partial charge in [0.25, 0.3) is 0 Å². The number of ether oxygens (including phenoxy) is 2. The summed E-state index contributed by atoms with van der Waals surface area (Å²) in [5.41, 5.74) is 1.95. The van der Waals surface area contributed by atoms with Crippen molar-refractivity contribution >= 4 is 22.4 Å². The van der Waals surface area contributed by atoms with Crippen LogP contribution in [0.3, 0.4) is 0 Å². The highest BCUT2D eigenvalue weighted by molar-refractivity contribution is 6.02. The van der Waals surface area contributed by atoms with Crippen molar-refractivity contribution in [1.82, 2.24) is 5.32 Å². The lowest BCUT2D eigenvalue weighted by molar-refractivity contribution is -0.115. The van der Waals surface area contributed by atoms with Gasteiger partial charge in [-0.3, -0.25) is 4.79 Å². The van der Waals surface area contributed by atoms with Crippen LogP contribution in [0.2, 0.25) is 0 Å². The van der Waals surface area contributed by atoms with Crippen molar-refractivity contribution in [2.24, 2.45) is 0 Å². The third-order valence-electron chi connectivity index (χ3n) is 4.39. The molecule has 1 amide bonds. The molecule has 140 valence electrons. The van der Waals surface area contributed by atoms with E-state index in [9.17, 15) is 4.79 Å². The molecule has 5 nitrogen and oxygen atoms in total. The second-order valence-electron chi connectivity index (χ2n) is 6.19. The third kappa shape index (κ3) is 4.77. The fourth-order valence-electron chi connectivity index (χ4n) is 3.00. The van der Waals surface area contributed by atoms with Gasteiger partial charge in [-0.15, -0.1) is 0 Å². The molecule has 5 heteroatoms. The normalized spacial score (nSPS) is 10.6. The van der Waals surface area contributed by atoms with Crippen LogP contribution >= 0.6 is 0 Å². The summed E-state index contributed by atoms with van der Waals surface area (Å²) in [6.45, 7) is 0.953. The van der Waals surface area contributed by atoms with Crippen LogP contribution in [0.1, 0.15) is 5.56 Å². The molecule has 0 bridgehead atoms. The standard InChI is InChI=1S/C22H24N2O3/c1-26-20-11-10-16(14-21(20)27-2)12-13-23-15-22(25)24-19-9-5-7-17-6-3-4-8-18(17)19/h3-11,14,23H,12-13,15H2,1-2H3,(H,24,25). The molecule has 0 atom stereocenters. The summed E-state index contributed by atoms with van der Waals surface area (Å²) in [6.07, 6.45) is 0.794. The molecule has 3 aromatic rings. The van der Waals surface area contributed by atoms with E-state index in [4.69, 9.17) is 9.47 Å². The van der Waals surface area contributed by atoms with Gasteiger partial charge in [0.05, 0.1) is 20.8 Å². The molecule has 27 heavy (non-hydrogen) atoms. The first-order valence-electron chi connectivity index (χ1n) is 8.90. The molecule has 0 saturated heterocycles. The first-order valence-corrected chi connectivity index (χ1v) is 8.90. The van der Waals surface area contributed by atoms with Gasteiger partial charge in [-0.2, -0.15) is 0 Å². The van der Waals surface area contributed by atoms with Crippen LogP contribution in [0, 0.1) is 0 Å². The molecule has 0 aromatic heterocycles. The van der Waals surface area contributed by atoms with Crippen LogP contribution in [0.25, 0.3) is 10.8 Å². The molecule has 0 fully saturated rings. The maximum atomic E-state index is 12.2. The minimum absolute atomic E-state index is 0.0568. The van der Waals surface area contributed by atoms with Gasteiger partial charge in [-0.1, -0.05) is 42.5 Å². The Kier molecular flexibility index (Phi) is 6.28. The molecule has 0 unspecified atom stereocenters. The molecule has 0 heterocycles. The minimum atomic E-state index is -0.0568. The second-order valence-corrected chi connectivity index (χ2v) is 6.19. The molecule has 0 aliphatic rings. The number of rotatable bonds is 8. The molecule has 0 radical (unpaired) electrons. The molecule has 2 N–H and O–H groups in total. The van der Waals surface area contributed by atoms with Gasteiger partial charge in [0.2, 0.25) is 5.91 Å². The van der Waals surface area contributed by atoms with E-state index < -0.39 is 0 Å². The average Bonchev–Trinajstić information content (AvgIpc) is 2.71. The highest BCUT2D eigenvalue weighted by atomic mass is 16.5. The number of anilines is 1. The van der Waals surface area contributed by atoms with Crippen molar-refractivity contribution in [3.8, 4) is 11.5 Å². The van der Waals surface area contributed by atoms with Crippen molar-refractivity contribution in [1.29, 1.82) is 0 Å². The van der Waals surface area contributed by atoms with Crippen LogP contribution in [0.5, 0.6) is 11.5 Å². The predicted molar refractivity (Wildman–Crippen MR) is 109 cm³/mol. The van der Waals surface area contributed by atoms with E-state index in [2.05, 4.69) is 10.6 Å². The summed E-state index contributed by atoms with van der Waals surface area (Å²) in [7, 11) is 3.24. The SMILES string of the molecule is COc1ccc(CCNCC(=O)Nc2cccc3ccccc23)cc1OC. The van der Waals surface area contributed by atoms with Crippen LogP contribution in [0.15, 0.2) is 60.7 Å². The van der Waals surface area contributed by atoms with E-state index in [0.29, 0.717) is 18.0 Å². The lowest BCUT2D eigenvalue weighted by atomic mass is 10.1. The molecule has 0 aliphatic carbocycles. The third-order valence-corrected chi connectivity index (χ3v) is 4.39. The van der Waals surface area contributed by atoms with E-state index in [-0.39, 0.29) is 12.5 Å². The number of amides is 1. The molecular weight excluding hydrogens is 340 g/mol. The first-order chi connectivity index (χ1) is 13.2. The molecule has 3 rings (SSSR count). The van der Waals surface area contributed by atoms with Crippen molar-refractivity contribution in [3.05, 3.63) is 66.2 Å². The lowest BCUT2D eigenvalue weighted by Crippen LogP contribution is -2.29. The Hall–Kier alpha value is -3.05. The molecule has 0 spiro atoms. The summed E-state index contributed by atoms with van der Waals surface area (Å²) in [6, 6.07) is 19.8. The van der Waals surface area contributed by atoms with Crippen molar-refractivity contribution in [3.63, 3.8) is 0 Å². The van der Waals surface area contributed by atoms with Gasteiger partial charge in [-0.05, 0) is 42.1 Å². The number of methoxy groups -OCH3 is 2. The van der Waals surface area contributed by atoms with Gasteiger partial charge < -0.3 is 20.1 Å². The molecule has 0 aliphatic heterocycles. The van der Waals surface area contributed by atoms with Gasteiger partial charge in [0, 0.05) is 11.1 Å². The predicted octanol–water partition coefficient (Wildman–Crippen LogP) is 3.63. The van der Waals surface area contributed by atoms with Crippen LogP contribution in [-0.2, 0) is 11.2 Å². The number of carbonyl (C=O) groups is 1.